The highest BCUT2D eigenvalue weighted by Crippen LogP contribution is 2.30. The molecule has 0 saturated carbocycles. The van der Waals surface area contributed by atoms with Crippen LogP contribution in [-0.4, -0.2) is 18.0 Å². The van der Waals surface area contributed by atoms with Crippen molar-refractivity contribution in [2.24, 2.45) is 0 Å². The molecule has 110 valence electrons. The molecule has 0 heterocycles. The first kappa shape index (κ1) is 15.0. The number of carbonyl (C=O) groups excluding carboxylic acids is 1. The summed E-state index contributed by atoms with van der Waals surface area (Å²) in [6.07, 6.45) is 2.49. The van der Waals surface area contributed by atoms with Crippen LogP contribution in [0.25, 0.3) is 11.1 Å². The number of hydrogen-bond donors (Lipinski definition) is 1. The Hall–Kier alpha value is -2.36. The third-order valence-electron chi connectivity index (χ3n) is 3.17. The molecule has 0 atom stereocenters. The van der Waals surface area contributed by atoms with Crippen LogP contribution in [0, 0.1) is 5.82 Å². The monoisotopic (exact) mass is 288 g/mol. The van der Waals surface area contributed by atoms with Crippen molar-refractivity contribution in [1.82, 2.24) is 0 Å². The van der Waals surface area contributed by atoms with Crippen molar-refractivity contribution in [3.63, 3.8) is 0 Å². The van der Waals surface area contributed by atoms with Crippen molar-refractivity contribution in [2.75, 3.05) is 6.61 Å². The molecule has 0 aliphatic heterocycles. The number of hydrogen-bond acceptors (Lipinski definition) is 3. The molecule has 0 spiro atoms. The fourth-order valence-corrected chi connectivity index (χ4v) is 1.97. The Bertz CT molecular complexity index is 638. The van der Waals surface area contributed by atoms with Crippen LogP contribution >= 0.6 is 0 Å². The molecule has 3 nitrogen and oxygen atoms in total. The van der Waals surface area contributed by atoms with Gasteiger partial charge in [-0.15, -0.1) is 0 Å². The SMILES string of the molecule is CCCCOc1ccc(F)c(-c2ccc(O)c(C=O)c2)c1. The minimum absolute atomic E-state index is 0.121. The minimum Gasteiger partial charge on any atom is -0.507 e. The predicted molar refractivity (Wildman–Crippen MR) is 79.3 cm³/mol. The standard InChI is InChI=1S/C17H17FO3/c1-2-3-8-21-14-5-6-16(18)15(10-14)12-4-7-17(20)13(9-12)11-19/h4-7,9-11,20H,2-3,8H2,1H3. The van der Waals surface area contributed by atoms with E-state index in [-0.39, 0.29) is 11.3 Å². The molecule has 0 aliphatic carbocycles. The highest BCUT2D eigenvalue weighted by Gasteiger charge is 2.10. The molecule has 2 rings (SSSR count). The van der Waals surface area contributed by atoms with Crippen LogP contribution in [0.4, 0.5) is 4.39 Å². The van der Waals surface area contributed by atoms with Gasteiger partial charge < -0.3 is 9.84 Å². The van der Waals surface area contributed by atoms with Crippen LogP contribution in [0.3, 0.4) is 0 Å². The van der Waals surface area contributed by atoms with Gasteiger partial charge in [-0.25, -0.2) is 4.39 Å². The molecule has 0 unspecified atom stereocenters. The smallest absolute Gasteiger partial charge is 0.153 e. The normalized spacial score (nSPS) is 10.4. The van der Waals surface area contributed by atoms with Crippen LogP contribution in [-0.2, 0) is 0 Å². The molecule has 21 heavy (non-hydrogen) atoms. The molecule has 2 aromatic carbocycles. The van der Waals surface area contributed by atoms with E-state index in [0.29, 0.717) is 29.8 Å². The zero-order valence-electron chi connectivity index (χ0n) is 11.8. The van der Waals surface area contributed by atoms with Crippen molar-refractivity contribution in [3.05, 3.63) is 47.8 Å². The third kappa shape index (κ3) is 3.60. The van der Waals surface area contributed by atoms with Crippen molar-refractivity contribution in [3.8, 4) is 22.6 Å². The Morgan fingerprint density at radius 2 is 2.05 bits per heavy atom. The Morgan fingerprint density at radius 1 is 1.24 bits per heavy atom. The lowest BCUT2D eigenvalue weighted by Crippen LogP contribution is -1.97. The predicted octanol–water partition coefficient (Wildman–Crippen LogP) is 4.19. The number of phenols is 1. The zero-order chi connectivity index (χ0) is 15.2. The molecule has 0 saturated heterocycles. The highest BCUT2D eigenvalue weighted by atomic mass is 19.1. The summed E-state index contributed by atoms with van der Waals surface area (Å²) in [5.74, 6) is 0.0606. The first-order chi connectivity index (χ1) is 10.2. The number of unbranched alkanes of at least 4 members (excludes halogenated alkanes) is 1. The quantitative estimate of drug-likeness (QED) is 0.640. The lowest BCUT2D eigenvalue weighted by Gasteiger charge is -2.10. The lowest BCUT2D eigenvalue weighted by atomic mass is 10.0. The van der Waals surface area contributed by atoms with Gasteiger partial charge in [-0.1, -0.05) is 19.4 Å². The van der Waals surface area contributed by atoms with Crippen molar-refractivity contribution < 1.29 is 19.0 Å². The molecule has 1 N–H and O–H groups in total. The molecule has 0 aromatic heterocycles. The van der Waals surface area contributed by atoms with E-state index in [9.17, 15) is 14.3 Å². The second-order valence-corrected chi connectivity index (χ2v) is 4.74. The van der Waals surface area contributed by atoms with Gasteiger partial charge in [0.1, 0.15) is 17.3 Å². The van der Waals surface area contributed by atoms with E-state index in [0.717, 1.165) is 12.8 Å². The first-order valence-electron chi connectivity index (χ1n) is 6.86. The van der Waals surface area contributed by atoms with Crippen molar-refractivity contribution in [1.29, 1.82) is 0 Å². The summed E-state index contributed by atoms with van der Waals surface area (Å²) in [6, 6.07) is 8.92. The summed E-state index contributed by atoms with van der Waals surface area (Å²) in [7, 11) is 0. The van der Waals surface area contributed by atoms with Crippen LogP contribution in [0.1, 0.15) is 30.1 Å². The van der Waals surface area contributed by atoms with Crippen molar-refractivity contribution in [2.45, 2.75) is 19.8 Å². The van der Waals surface area contributed by atoms with Gasteiger partial charge in [0.2, 0.25) is 0 Å². The zero-order valence-corrected chi connectivity index (χ0v) is 11.8. The minimum atomic E-state index is -0.402. The summed E-state index contributed by atoms with van der Waals surface area (Å²) >= 11 is 0. The fourth-order valence-electron chi connectivity index (χ4n) is 1.97. The number of halogens is 1. The van der Waals surface area contributed by atoms with E-state index in [1.54, 1.807) is 18.2 Å². The molecule has 4 heteroatoms. The maximum absolute atomic E-state index is 14.0. The van der Waals surface area contributed by atoms with Gasteiger partial charge in [-0.05, 0) is 42.3 Å². The largest absolute Gasteiger partial charge is 0.507 e. The fraction of sp³-hybridized carbons (Fsp3) is 0.235. The molecule has 0 aliphatic rings. The van der Waals surface area contributed by atoms with Crippen LogP contribution in [0.5, 0.6) is 11.5 Å². The maximum atomic E-state index is 14.0. The van der Waals surface area contributed by atoms with Gasteiger partial charge in [0, 0.05) is 5.56 Å². The number of phenolic OH excluding ortho intramolecular Hbond substituents is 1. The van der Waals surface area contributed by atoms with E-state index in [4.69, 9.17) is 4.74 Å². The summed E-state index contributed by atoms with van der Waals surface area (Å²) in [5.41, 5.74) is 0.990. The molecule has 0 bridgehead atoms. The number of aldehydes is 1. The second kappa shape index (κ2) is 6.88. The van der Waals surface area contributed by atoms with Gasteiger partial charge in [0.05, 0.1) is 12.2 Å². The topological polar surface area (TPSA) is 46.5 Å². The Kier molecular flexibility index (Phi) is 4.93. The number of carbonyl (C=O) groups is 1. The Labute approximate surface area is 123 Å². The Balaban J connectivity index is 2.33. The number of rotatable bonds is 6. The molecular formula is C17H17FO3. The summed E-state index contributed by atoms with van der Waals surface area (Å²) in [4.78, 5) is 10.9. The first-order valence-corrected chi connectivity index (χ1v) is 6.86. The molecule has 2 aromatic rings. The van der Waals surface area contributed by atoms with Gasteiger partial charge in [0.25, 0.3) is 0 Å². The highest BCUT2D eigenvalue weighted by molar-refractivity contribution is 5.83. The number of benzene rings is 2. The van der Waals surface area contributed by atoms with Crippen LogP contribution in [0.2, 0.25) is 0 Å². The van der Waals surface area contributed by atoms with E-state index >= 15 is 0 Å². The number of aromatic hydroxyl groups is 1. The van der Waals surface area contributed by atoms with E-state index in [2.05, 4.69) is 6.92 Å². The van der Waals surface area contributed by atoms with Gasteiger partial charge in [0.15, 0.2) is 6.29 Å². The van der Waals surface area contributed by atoms with Crippen LogP contribution in [0.15, 0.2) is 36.4 Å². The summed E-state index contributed by atoms with van der Waals surface area (Å²) in [6.45, 7) is 2.65. The van der Waals surface area contributed by atoms with E-state index < -0.39 is 5.82 Å². The van der Waals surface area contributed by atoms with Gasteiger partial charge in [-0.3, -0.25) is 4.79 Å². The van der Waals surface area contributed by atoms with Crippen LogP contribution < -0.4 is 4.74 Å². The molecule has 0 amide bonds. The lowest BCUT2D eigenvalue weighted by molar-refractivity contribution is 0.112. The van der Waals surface area contributed by atoms with Gasteiger partial charge >= 0.3 is 0 Å². The van der Waals surface area contributed by atoms with Gasteiger partial charge in [-0.2, -0.15) is 0 Å². The average molecular weight is 288 g/mol. The third-order valence-corrected chi connectivity index (χ3v) is 3.17. The van der Waals surface area contributed by atoms with E-state index in [1.807, 2.05) is 0 Å². The Morgan fingerprint density at radius 3 is 2.76 bits per heavy atom. The average Bonchev–Trinajstić information content (AvgIpc) is 2.50. The molecule has 0 radical (unpaired) electrons. The van der Waals surface area contributed by atoms with Crippen molar-refractivity contribution >= 4 is 6.29 Å². The second-order valence-electron chi connectivity index (χ2n) is 4.74. The molecular weight excluding hydrogens is 271 g/mol. The summed E-state index contributed by atoms with van der Waals surface area (Å²) < 4.78 is 19.5. The summed E-state index contributed by atoms with van der Waals surface area (Å²) in [5, 5.41) is 9.50. The van der Waals surface area contributed by atoms with E-state index in [1.165, 1.54) is 18.2 Å². The maximum Gasteiger partial charge on any atom is 0.153 e. The molecule has 0 fully saturated rings. The number of ether oxygens (including phenoxy) is 1.